The van der Waals surface area contributed by atoms with Crippen LogP contribution in [0.4, 0.5) is 0 Å². The van der Waals surface area contributed by atoms with E-state index >= 15 is 0 Å². The average Bonchev–Trinajstić information content (AvgIpc) is 3.09. The standard InChI is InChI=1S/C19H19N3O5S/c1-13-7-9-15(10-8-13)28(25,26)22-16(11-12-17(22)23)19(24)27-21-18(20)14-5-3-2-4-6-14/h2-10,16H,11-12H2,1H3,(H2,20,21)/t16-/m1/s1. The number of aryl methyl sites for hydroxylation is 1. The summed E-state index contributed by atoms with van der Waals surface area (Å²) in [5.74, 6) is -1.66. The number of hydrogen-bond acceptors (Lipinski definition) is 6. The first-order chi connectivity index (χ1) is 13.3. The van der Waals surface area contributed by atoms with Gasteiger partial charge in [0, 0.05) is 12.0 Å². The molecule has 3 rings (SSSR count). The molecule has 8 nitrogen and oxygen atoms in total. The Morgan fingerprint density at radius 2 is 1.79 bits per heavy atom. The highest BCUT2D eigenvalue weighted by Crippen LogP contribution is 2.28. The van der Waals surface area contributed by atoms with E-state index in [1.165, 1.54) is 12.1 Å². The number of amidine groups is 1. The minimum absolute atomic E-state index is 0.0174. The number of benzene rings is 2. The van der Waals surface area contributed by atoms with Gasteiger partial charge in [-0.1, -0.05) is 53.2 Å². The molecular formula is C19H19N3O5S. The zero-order valence-corrected chi connectivity index (χ0v) is 15.9. The van der Waals surface area contributed by atoms with Crippen LogP contribution in [-0.4, -0.2) is 36.5 Å². The lowest BCUT2D eigenvalue weighted by molar-refractivity contribution is -0.149. The molecule has 1 saturated heterocycles. The minimum Gasteiger partial charge on any atom is -0.380 e. The highest BCUT2D eigenvalue weighted by molar-refractivity contribution is 7.89. The normalized spacial score (nSPS) is 17.6. The van der Waals surface area contributed by atoms with Crippen LogP contribution in [-0.2, 0) is 24.4 Å². The largest absolute Gasteiger partial charge is 0.380 e. The molecule has 2 N–H and O–H groups in total. The number of carbonyl (C=O) groups excluding carboxylic acids is 2. The van der Waals surface area contributed by atoms with Gasteiger partial charge in [0.05, 0.1) is 4.90 Å². The number of rotatable bonds is 5. The van der Waals surface area contributed by atoms with Crippen LogP contribution in [0.5, 0.6) is 0 Å². The van der Waals surface area contributed by atoms with E-state index in [4.69, 9.17) is 10.6 Å². The molecular weight excluding hydrogens is 382 g/mol. The van der Waals surface area contributed by atoms with Crippen molar-refractivity contribution in [2.24, 2.45) is 10.9 Å². The fourth-order valence-corrected chi connectivity index (χ4v) is 4.41. The molecule has 0 aromatic heterocycles. The molecule has 0 spiro atoms. The molecule has 1 atom stereocenters. The molecule has 1 fully saturated rings. The van der Waals surface area contributed by atoms with Crippen LogP contribution in [0.2, 0.25) is 0 Å². The monoisotopic (exact) mass is 401 g/mol. The maximum absolute atomic E-state index is 12.9. The third kappa shape index (κ3) is 3.89. The van der Waals surface area contributed by atoms with Gasteiger partial charge in [-0.15, -0.1) is 0 Å². The Hall–Kier alpha value is -3.20. The van der Waals surface area contributed by atoms with Gasteiger partial charge in [0.1, 0.15) is 6.04 Å². The Kier molecular flexibility index (Phi) is 5.46. The summed E-state index contributed by atoms with van der Waals surface area (Å²) in [6, 6.07) is 13.4. The molecule has 1 aliphatic heterocycles. The summed E-state index contributed by atoms with van der Waals surface area (Å²) in [7, 11) is -4.19. The highest BCUT2D eigenvalue weighted by atomic mass is 32.2. The summed E-state index contributed by atoms with van der Waals surface area (Å²) in [6.45, 7) is 1.81. The summed E-state index contributed by atoms with van der Waals surface area (Å²) < 4.78 is 26.3. The number of carbonyl (C=O) groups is 2. The van der Waals surface area contributed by atoms with E-state index in [9.17, 15) is 18.0 Å². The van der Waals surface area contributed by atoms with Crippen molar-refractivity contribution < 1.29 is 22.8 Å². The lowest BCUT2D eigenvalue weighted by atomic mass is 10.2. The molecule has 0 aliphatic carbocycles. The molecule has 0 radical (unpaired) electrons. The first kappa shape index (κ1) is 19.6. The second-order valence-electron chi connectivity index (χ2n) is 6.32. The maximum atomic E-state index is 12.9. The first-order valence-corrected chi connectivity index (χ1v) is 9.98. The number of nitrogens with zero attached hydrogens (tertiary/aromatic N) is 2. The zero-order valence-electron chi connectivity index (χ0n) is 15.1. The molecule has 0 unspecified atom stereocenters. The Balaban J connectivity index is 1.82. The molecule has 2 aromatic carbocycles. The van der Waals surface area contributed by atoms with Gasteiger partial charge in [-0.3, -0.25) is 4.79 Å². The Labute approximate surface area is 162 Å². The predicted octanol–water partition coefficient (Wildman–Crippen LogP) is 1.54. The number of nitrogens with two attached hydrogens (primary N) is 1. The number of hydrogen-bond donors (Lipinski definition) is 1. The molecule has 146 valence electrons. The molecule has 0 saturated carbocycles. The van der Waals surface area contributed by atoms with Crippen LogP contribution in [0.25, 0.3) is 0 Å². The van der Waals surface area contributed by atoms with Crippen LogP contribution in [0.15, 0.2) is 64.6 Å². The van der Waals surface area contributed by atoms with Gasteiger partial charge in [0.15, 0.2) is 5.84 Å². The van der Waals surface area contributed by atoms with Gasteiger partial charge in [0.2, 0.25) is 5.91 Å². The SMILES string of the molecule is Cc1ccc(S(=O)(=O)N2C(=O)CC[C@@H]2C(=O)O/N=C(/N)c2ccccc2)cc1. The van der Waals surface area contributed by atoms with Gasteiger partial charge in [-0.2, -0.15) is 0 Å². The summed E-state index contributed by atoms with van der Waals surface area (Å²) in [5, 5.41) is 3.58. The van der Waals surface area contributed by atoms with Gasteiger partial charge in [-0.05, 0) is 25.5 Å². The average molecular weight is 401 g/mol. The fourth-order valence-electron chi connectivity index (χ4n) is 2.82. The van der Waals surface area contributed by atoms with E-state index < -0.39 is 27.9 Å². The topological polar surface area (TPSA) is 119 Å². The number of sulfonamides is 1. The number of oxime groups is 1. The van der Waals surface area contributed by atoms with E-state index in [1.807, 2.05) is 6.92 Å². The van der Waals surface area contributed by atoms with E-state index in [2.05, 4.69) is 5.16 Å². The van der Waals surface area contributed by atoms with Crippen molar-refractivity contribution in [1.29, 1.82) is 0 Å². The summed E-state index contributed by atoms with van der Waals surface area (Å²) >= 11 is 0. The van der Waals surface area contributed by atoms with Crippen molar-refractivity contribution in [2.45, 2.75) is 30.7 Å². The second kappa shape index (κ2) is 7.81. The van der Waals surface area contributed by atoms with Gasteiger partial charge < -0.3 is 10.6 Å². The van der Waals surface area contributed by atoms with Crippen LogP contribution in [0.1, 0.15) is 24.0 Å². The second-order valence-corrected chi connectivity index (χ2v) is 8.13. The molecule has 0 bridgehead atoms. The van der Waals surface area contributed by atoms with Crippen molar-refractivity contribution in [3.05, 3.63) is 65.7 Å². The summed E-state index contributed by atoms with van der Waals surface area (Å²) in [4.78, 5) is 29.4. The van der Waals surface area contributed by atoms with Crippen LogP contribution < -0.4 is 5.73 Å². The first-order valence-electron chi connectivity index (χ1n) is 8.54. The van der Waals surface area contributed by atoms with Crippen LogP contribution >= 0.6 is 0 Å². The lowest BCUT2D eigenvalue weighted by Gasteiger charge is -2.22. The van der Waals surface area contributed by atoms with Crippen molar-refractivity contribution in [3.8, 4) is 0 Å². The van der Waals surface area contributed by atoms with E-state index in [-0.39, 0.29) is 23.6 Å². The predicted molar refractivity (Wildman–Crippen MR) is 101 cm³/mol. The van der Waals surface area contributed by atoms with E-state index in [0.717, 1.165) is 5.56 Å². The van der Waals surface area contributed by atoms with Crippen LogP contribution in [0, 0.1) is 6.92 Å². The molecule has 28 heavy (non-hydrogen) atoms. The van der Waals surface area contributed by atoms with Crippen LogP contribution in [0.3, 0.4) is 0 Å². The van der Waals surface area contributed by atoms with Crippen molar-refractivity contribution in [1.82, 2.24) is 4.31 Å². The summed E-state index contributed by atoms with van der Waals surface area (Å²) in [6.07, 6.45) is -0.0632. The third-order valence-electron chi connectivity index (χ3n) is 4.31. The van der Waals surface area contributed by atoms with Crippen molar-refractivity contribution in [2.75, 3.05) is 0 Å². The van der Waals surface area contributed by atoms with Gasteiger partial charge in [-0.25, -0.2) is 17.5 Å². The Morgan fingerprint density at radius 1 is 1.14 bits per heavy atom. The summed E-state index contributed by atoms with van der Waals surface area (Å²) in [5.41, 5.74) is 7.18. The zero-order chi connectivity index (χ0) is 20.3. The Bertz CT molecular complexity index is 1020. The smallest absolute Gasteiger partial charge is 0.358 e. The Morgan fingerprint density at radius 3 is 2.43 bits per heavy atom. The quantitative estimate of drug-likeness (QED) is 0.351. The molecule has 1 aliphatic rings. The maximum Gasteiger partial charge on any atom is 0.358 e. The highest BCUT2D eigenvalue weighted by Gasteiger charge is 2.45. The van der Waals surface area contributed by atoms with Gasteiger partial charge >= 0.3 is 5.97 Å². The lowest BCUT2D eigenvalue weighted by Crippen LogP contribution is -2.43. The van der Waals surface area contributed by atoms with Crippen molar-refractivity contribution in [3.63, 3.8) is 0 Å². The number of amides is 1. The minimum atomic E-state index is -4.19. The van der Waals surface area contributed by atoms with Gasteiger partial charge in [0.25, 0.3) is 10.0 Å². The van der Waals surface area contributed by atoms with E-state index in [0.29, 0.717) is 9.87 Å². The van der Waals surface area contributed by atoms with Crippen molar-refractivity contribution >= 4 is 27.7 Å². The molecule has 1 amide bonds. The molecule has 1 heterocycles. The molecule has 9 heteroatoms. The third-order valence-corrected chi connectivity index (χ3v) is 6.16. The molecule has 2 aromatic rings. The fraction of sp³-hybridized carbons (Fsp3) is 0.211. The van der Waals surface area contributed by atoms with E-state index in [1.54, 1.807) is 42.5 Å².